The molecule has 4 aromatic rings. The molecule has 0 aliphatic rings. The average molecular weight is 523 g/mol. The van der Waals surface area contributed by atoms with Gasteiger partial charge in [0.2, 0.25) is 27.7 Å². The maximum atomic E-state index is 13.4. The number of aromatic nitrogens is 2. The molecule has 0 saturated heterocycles. The van der Waals surface area contributed by atoms with Gasteiger partial charge in [-0.3, -0.25) is 4.79 Å². The summed E-state index contributed by atoms with van der Waals surface area (Å²) in [5.74, 6) is -1.34. The van der Waals surface area contributed by atoms with E-state index in [9.17, 15) is 17.6 Å². The van der Waals surface area contributed by atoms with Crippen LogP contribution in [-0.2, 0) is 21.2 Å². The molecule has 1 heterocycles. The lowest BCUT2D eigenvalue weighted by molar-refractivity contribution is -0.118. The molecule has 37 heavy (non-hydrogen) atoms. The Morgan fingerprint density at radius 1 is 0.946 bits per heavy atom. The molecule has 0 spiro atoms. The number of anilines is 1. The van der Waals surface area contributed by atoms with E-state index in [4.69, 9.17) is 4.42 Å². The van der Waals surface area contributed by atoms with Crippen LogP contribution in [0.4, 0.5) is 10.1 Å². The van der Waals surface area contributed by atoms with Gasteiger partial charge >= 0.3 is 0 Å². The van der Waals surface area contributed by atoms with Gasteiger partial charge < -0.3 is 9.73 Å². The van der Waals surface area contributed by atoms with Crippen molar-refractivity contribution in [2.75, 3.05) is 5.32 Å². The maximum absolute atomic E-state index is 13.4. The zero-order valence-electron chi connectivity index (χ0n) is 20.6. The van der Waals surface area contributed by atoms with Crippen LogP contribution in [0.25, 0.3) is 11.5 Å². The first kappa shape index (κ1) is 26.2. The molecule has 0 fully saturated rings. The molecule has 0 radical (unpaired) electrons. The summed E-state index contributed by atoms with van der Waals surface area (Å²) in [4.78, 5) is 13.4. The molecule has 4 rings (SSSR count). The molecule has 192 valence electrons. The zero-order chi connectivity index (χ0) is 26.6. The molecule has 3 aromatic carbocycles. The molecule has 1 amide bonds. The molecule has 0 aliphatic carbocycles. The molecular weight excluding hydrogens is 495 g/mol. The Morgan fingerprint density at radius 3 is 2.22 bits per heavy atom. The van der Waals surface area contributed by atoms with Crippen LogP contribution in [0.2, 0.25) is 0 Å². The number of hydrogen-bond donors (Lipinski definition) is 2. The summed E-state index contributed by atoms with van der Waals surface area (Å²) in [7, 11) is -3.71. The Bertz CT molecular complexity index is 1460. The van der Waals surface area contributed by atoms with Crippen molar-refractivity contribution in [2.24, 2.45) is 0 Å². The summed E-state index contributed by atoms with van der Waals surface area (Å²) < 4.78 is 46.8. The van der Waals surface area contributed by atoms with Gasteiger partial charge in [0.25, 0.3) is 0 Å². The van der Waals surface area contributed by atoms with Crippen molar-refractivity contribution in [2.45, 2.75) is 43.5 Å². The fraction of sp³-hybridized carbons (Fsp3) is 0.222. The number of carbonyl (C=O) groups is 1. The van der Waals surface area contributed by atoms with Crippen molar-refractivity contribution in [1.29, 1.82) is 0 Å². The smallest absolute Gasteiger partial charge is 0.247 e. The van der Waals surface area contributed by atoms with Crippen LogP contribution in [-0.4, -0.2) is 30.1 Å². The Kier molecular flexibility index (Phi) is 7.51. The number of rotatable bonds is 8. The number of amides is 1. The second-order valence-electron chi connectivity index (χ2n) is 9.56. The minimum Gasteiger partial charge on any atom is -0.420 e. The van der Waals surface area contributed by atoms with Crippen LogP contribution in [0.3, 0.4) is 0 Å². The summed E-state index contributed by atoms with van der Waals surface area (Å²) >= 11 is 0. The summed E-state index contributed by atoms with van der Waals surface area (Å²) in [6.45, 7) is 5.26. The predicted octanol–water partition coefficient (Wildman–Crippen LogP) is 4.92. The molecule has 1 aromatic heterocycles. The molecule has 8 nitrogen and oxygen atoms in total. The third kappa shape index (κ3) is 6.87. The number of nitrogens with zero attached hydrogens (tertiary/aromatic N) is 2. The Hall–Kier alpha value is -3.89. The molecule has 1 unspecified atom stereocenters. The van der Waals surface area contributed by atoms with Crippen molar-refractivity contribution < 1.29 is 22.0 Å². The molecule has 10 heteroatoms. The summed E-state index contributed by atoms with van der Waals surface area (Å²) in [6.07, 6.45) is 0.291. The fourth-order valence-corrected chi connectivity index (χ4v) is 5.05. The highest BCUT2D eigenvalue weighted by Crippen LogP contribution is 2.26. The summed E-state index contributed by atoms with van der Waals surface area (Å²) in [5, 5.41) is 11.0. The largest absolute Gasteiger partial charge is 0.420 e. The monoisotopic (exact) mass is 522 g/mol. The summed E-state index contributed by atoms with van der Waals surface area (Å²) in [5.41, 5.74) is 1.20. The van der Waals surface area contributed by atoms with E-state index in [1.54, 1.807) is 20.8 Å². The zero-order valence-corrected chi connectivity index (χ0v) is 21.4. The molecule has 0 aliphatic heterocycles. The summed E-state index contributed by atoms with van der Waals surface area (Å²) in [6, 6.07) is 20.9. The van der Waals surface area contributed by atoms with E-state index in [2.05, 4.69) is 20.2 Å². The first-order valence-electron chi connectivity index (χ1n) is 11.6. The van der Waals surface area contributed by atoms with Gasteiger partial charge in [0, 0.05) is 16.8 Å². The minimum absolute atomic E-state index is 0.0853. The molecule has 0 saturated carbocycles. The maximum Gasteiger partial charge on any atom is 0.247 e. The number of hydrogen-bond acceptors (Lipinski definition) is 6. The van der Waals surface area contributed by atoms with Gasteiger partial charge in [-0.1, -0.05) is 30.3 Å². The van der Waals surface area contributed by atoms with Crippen LogP contribution in [0.1, 0.15) is 38.1 Å². The van der Waals surface area contributed by atoms with Gasteiger partial charge in [0.05, 0.1) is 4.90 Å². The van der Waals surface area contributed by atoms with E-state index < -0.39 is 33.2 Å². The first-order chi connectivity index (χ1) is 17.5. The second kappa shape index (κ2) is 10.6. The number of halogens is 1. The van der Waals surface area contributed by atoms with E-state index in [1.807, 2.05) is 30.3 Å². The highest BCUT2D eigenvalue weighted by molar-refractivity contribution is 7.89. The number of nitrogens with one attached hydrogen (secondary N) is 2. The standard InChI is InChI=1S/C27H27FN4O4S/c1-27(2,3)32-37(34,35)22-15-13-21(14-16-22)29-24(33)23(17-18-7-5-4-6-8-18)26-31-30-25(36-26)19-9-11-20(28)12-10-19/h4-16,23,32H,17H2,1-3H3,(H,29,33). The quantitative estimate of drug-likeness (QED) is 0.340. The highest BCUT2D eigenvalue weighted by Gasteiger charge is 2.28. The van der Waals surface area contributed by atoms with Gasteiger partial charge in [0.1, 0.15) is 11.7 Å². The number of carbonyl (C=O) groups excluding carboxylic acids is 1. The second-order valence-corrected chi connectivity index (χ2v) is 11.2. The van der Waals surface area contributed by atoms with E-state index in [0.29, 0.717) is 17.7 Å². The van der Waals surface area contributed by atoms with Gasteiger partial charge in [-0.25, -0.2) is 17.5 Å². The highest BCUT2D eigenvalue weighted by atomic mass is 32.2. The Morgan fingerprint density at radius 2 is 1.59 bits per heavy atom. The van der Waals surface area contributed by atoms with Crippen LogP contribution in [0.15, 0.2) is 88.2 Å². The van der Waals surface area contributed by atoms with Crippen molar-refractivity contribution in [3.8, 4) is 11.5 Å². The van der Waals surface area contributed by atoms with Crippen molar-refractivity contribution in [3.05, 3.63) is 96.1 Å². The first-order valence-corrected chi connectivity index (χ1v) is 13.1. The van der Waals surface area contributed by atoms with Gasteiger partial charge in [-0.2, -0.15) is 0 Å². The minimum atomic E-state index is -3.71. The molecule has 1 atom stereocenters. The molecular formula is C27H27FN4O4S. The van der Waals surface area contributed by atoms with Crippen molar-refractivity contribution in [3.63, 3.8) is 0 Å². The Balaban J connectivity index is 1.57. The molecule has 2 N–H and O–H groups in total. The van der Waals surface area contributed by atoms with Gasteiger partial charge in [-0.05, 0) is 81.3 Å². The van der Waals surface area contributed by atoms with Crippen molar-refractivity contribution in [1.82, 2.24) is 14.9 Å². The SMILES string of the molecule is CC(C)(C)NS(=O)(=O)c1ccc(NC(=O)C(Cc2ccccc2)c2nnc(-c3ccc(F)cc3)o2)cc1. The van der Waals surface area contributed by atoms with Crippen molar-refractivity contribution >= 4 is 21.6 Å². The normalized spacial score (nSPS) is 12.8. The Labute approximate surface area is 215 Å². The third-order valence-electron chi connectivity index (χ3n) is 5.30. The number of sulfonamides is 1. The van der Waals surface area contributed by atoms with Gasteiger partial charge in [0.15, 0.2) is 0 Å². The van der Waals surface area contributed by atoms with Crippen LogP contribution < -0.4 is 10.0 Å². The fourth-order valence-electron chi connectivity index (χ4n) is 3.64. The lowest BCUT2D eigenvalue weighted by Gasteiger charge is -2.20. The van der Waals surface area contributed by atoms with Crippen LogP contribution >= 0.6 is 0 Å². The third-order valence-corrected chi connectivity index (χ3v) is 7.08. The van der Waals surface area contributed by atoms with E-state index in [1.165, 1.54) is 48.5 Å². The van der Waals surface area contributed by atoms with E-state index in [-0.39, 0.29) is 16.7 Å². The van der Waals surface area contributed by atoms with E-state index in [0.717, 1.165) is 5.56 Å². The van der Waals surface area contributed by atoms with Crippen LogP contribution in [0.5, 0.6) is 0 Å². The van der Waals surface area contributed by atoms with E-state index >= 15 is 0 Å². The topological polar surface area (TPSA) is 114 Å². The lowest BCUT2D eigenvalue weighted by Crippen LogP contribution is -2.40. The predicted molar refractivity (Wildman–Crippen MR) is 138 cm³/mol. The van der Waals surface area contributed by atoms with Crippen LogP contribution in [0, 0.1) is 5.82 Å². The lowest BCUT2D eigenvalue weighted by atomic mass is 9.98. The molecule has 0 bridgehead atoms. The average Bonchev–Trinajstić information content (AvgIpc) is 3.32. The number of benzene rings is 3. The van der Waals surface area contributed by atoms with Gasteiger partial charge in [-0.15, -0.1) is 10.2 Å².